The molecule has 1 aliphatic heterocycles. The second-order valence-corrected chi connectivity index (χ2v) is 10.2. The lowest BCUT2D eigenvalue weighted by molar-refractivity contribution is 0.131. The first-order valence-corrected chi connectivity index (χ1v) is 11.4. The maximum Gasteiger partial charge on any atom is 0.331 e. The van der Waals surface area contributed by atoms with Gasteiger partial charge >= 0.3 is 5.69 Å². The van der Waals surface area contributed by atoms with Gasteiger partial charge in [-0.1, -0.05) is 11.8 Å². The van der Waals surface area contributed by atoms with Crippen LogP contribution >= 0.6 is 11.8 Å². The predicted octanol–water partition coefficient (Wildman–Crippen LogP) is 1.68. The third-order valence-corrected chi connectivity index (χ3v) is 7.95. The van der Waals surface area contributed by atoms with Crippen LogP contribution in [-0.4, -0.2) is 34.9 Å². The highest BCUT2D eigenvalue weighted by atomic mass is 32.2. The van der Waals surface area contributed by atoms with Gasteiger partial charge in [0.1, 0.15) is 16.1 Å². The number of nitrogens with zero attached hydrogens (tertiary/aromatic N) is 2. The van der Waals surface area contributed by atoms with Crippen LogP contribution in [0.2, 0.25) is 0 Å². The maximum atomic E-state index is 14.7. The molecule has 1 aliphatic carbocycles. The smallest absolute Gasteiger partial charge is 0.292 e. The number of thioether (sulfide) groups is 1. The largest absolute Gasteiger partial charge is 0.331 e. The molecule has 2 aliphatic rings. The highest BCUT2D eigenvalue weighted by Crippen LogP contribution is 2.37. The van der Waals surface area contributed by atoms with Crippen LogP contribution in [0, 0.1) is 5.82 Å². The van der Waals surface area contributed by atoms with Crippen LogP contribution in [0.3, 0.4) is 0 Å². The van der Waals surface area contributed by atoms with Crippen LogP contribution in [0.25, 0.3) is 11.0 Å². The van der Waals surface area contributed by atoms with E-state index in [1.165, 1.54) is 4.57 Å². The fraction of sp³-hybridized carbons (Fsp3) is 0.562. The van der Waals surface area contributed by atoms with E-state index in [0.29, 0.717) is 12.8 Å². The Hall–Kier alpha value is -1.54. The number of halogens is 3. The van der Waals surface area contributed by atoms with Crippen molar-refractivity contribution in [2.45, 2.75) is 61.0 Å². The lowest BCUT2D eigenvalue weighted by atomic mass is 10.3. The fourth-order valence-corrected chi connectivity index (χ4v) is 5.83. The highest BCUT2D eigenvalue weighted by molar-refractivity contribution is 8.00. The molecule has 1 saturated heterocycles. The van der Waals surface area contributed by atoms with Crippen molar-refractivity contribution < 1.29 is 21.6 Å². The second kappa shape index (κ2) is 7.01. The van der Waals surface area contributed by atoms with E-state index in [2.05, 4.69) is 15.6 Å². The Morgan fingerprint density at radius 1 is 1.31 bits per heavy atom. The van der Waals surface area contributed by atoms with E-state index < -0.39 is 49.3 Å². The minimum Gasteiger partial charge on any atom is -0.292 e. The van der Waals surface area contributed by atoms with E-state index in [4.69, 9.17) is 0 Å². The lowest BCUT2D eigenvalue weighted by Crippen LogP contribution is -2.37. The molecule has 1 aromatic carbocycles. The number of fused-ring (bicyclic) bond motifs is 1. The Labute approximate surface area is 168 Å². The molecule has 160 valence electrons. The molecule has 1 saturated carbocycles. The number of hydrazine groups is 1. The van der Waals surface area contributed by atoms with Crippen molar-refractivity contribution in [3.05, 3.63) is 28.4 Å². The SMILES string of the molecule is CCn1c(=O)n(C2NNC(C(F)F)S2)c2cc(S(=O)(=O)NC3(C)CC3)c(F)cc21. The molecule has 2 fully saturated rings. The first kappa shape index (κ1) is 20.7. The molecule has 29 heavy (non-hydrogen) atoms. The number of aryl methyl sites for hydroxylation is 1. The van der Waals surface area contributed by atoms with Crippen LogP contribution in [0.1, 0.15) is 32.2 Å². The third kappa shape index (κ3) is 3.58. The van der Waals surface area contributed by atoms with Crippen molar-refractivity contribution in [2.75, 3.05) is 0 Å². The second-order valence-electron chi connectivity index (χ2n) is 7.37. The summed E-state index contributed by atoms with van der Waals surface area (Å²) in [6.45, 7) is 3.60. The number of hydrogen-bond donors (Lipinski definition) is 3. The van der Waals surface area contributed by atoms with E-state index in [-0.39, 0.29) is 17.6 Å². The van der Waals surface area contributed by atoms with Gasteiger partial charge in [0, 0.05) is 18.2 Å². The monoisotopic (exact) mass is 451 g/mol. The highest BCUT2D eigenvalue weighted by Gasteiger charge is 2.42. The molecule has 3 N–H and O–H groups in total. The Balaban J connectivity index is 1.86. The van der Waals surface area contributed by atoms with Crippen LogP contribution < -0.4 is 21.3 Å². The zero-order valence-corrected chi connectivity index (χ0v) is 17.2. The fourth-order valence-electron chi connectivity index (χ4n) is 3.29. The molecule has 2 heterocycles. The predicted molar refractivity (Wildman–Crippen MR) is 102 cm³/mol. The summed E-state index contributed by atoms with van der Waals surface area (Å²) in [6.07, 6.45) is -1.38. The summed E-state index contributed by atoms with van der Waals surface area (Å²) < 4.78 is 71.1. The summed E-state index contributed by atoms with van der Waals surface area (Å²) in [5, 5.41) is -1.24. The van der Waals surface area contributed by atoms with Crippen LogP contribution in [-0.2, 0) is 16.6 Å². The van der Waals surface area contributed by atoms with Gasteiger partial charge in [0.2, 0.25) is 10.0 Å². The van der Waals surface area contributed by atoms with Crippen molar-refractivity contribution in [3.63, 3.8) is 0 Å². The average molecular weight is 451 g/mol. The lowest BCUT2D eigenvalue weighted by Gasteiger charge is -2.14. The summed E-state index contributed by atoms with van der Waals surface area (Å²) in [4.78, 5) is 12.3. The molecular weight excluding hydrogens is 431 g/mol. The van der Waals surface area contributed by atoms with E-state index in [9.17, 15) is 26.4 Å². The van der Waals surface area contributed by atoms with Gasteiger partial charge < -0.3 is 0 Å². The average Bonchev–Trinajstić information content (AvgIpc) is 3.05. The van der Waals surface area contributed by atoms with Gasteiger partial charge in [0.25, 0.3) is 6.43 Å². The molecule has 2 unspecified atom stereocenters. The molecule has 1 aromatic heterocycles. The van der Waals surface area contributed by atoms with Gasteiger partial charge in [-0.2, -0.15) is 0 Å². The van der Waals surface area contributed by atoms with Crippen molar-refractivity contribution >= 4 is 32.8 Å². The summed E-state index contributed by atoms with van der Waals surface area (Å²) in [6, 6.07) is 2.09. The molecular formula is C16H20F3N5O3S2. The van der Waals surface area contributed by atoms with Crippen molar-refractivity contribution in [2.24, 2.45) is 0 Å². The number of hydrogen-bond acceptors (Lipinski definition) is 6. The number of alkyl halides is 2. The minimum absolute atomic E-state index is 0.140. The number of aromatic nitrogens is 2. The topological polar surface area (TPSA) is 97.2 Å². The van der Waals surface area contributed by atoms with E-state index in [0.717, 1.165) is 28.5 Å². The third-order valence-electron chi connectivity index (χ3n) is 5.09. The number of nitrogens with one attached hydrogen (secondary N) is 3. The van der Waals surface area contributed by atoms with Crippen LogP contribution in [0.5, 0.6) is 0 Å². The normalized spacial score (nSPS) is 23.9. The number of imidazole rings is 1. The molecule has 0 radical (unpaired) electrons. The van der Waals surface area contributed by atoms with Gasteiger partial charge in [-0.05, 0) is 32.8 Å². The number of sulfonamides is 1. The van der Waals surface area contributed by atoms with Crippen LogP contribution in [0.4, 0.5) is 13.2 Å². The van der Waals surface area contributed by atoms with Crippen molar-refractivity contribution in [1.29, 1.82) is 0 Å². The number of rotatable bonds is 6. The van der Waals surface area contributed by atoms with Crippen molar-refractivity contribution in [3.8, 4) is 0 Å². The molecule has 2 atom stereocenters. The molecule has 0 amide bonds. The van der Waals surface area contributed by atoms with E-state index >= 15 is 0 Å². The summed E-state index contributed by atoms with van der Waals surface area (Å²) in [5.74, 6) is -0.982. The zero-order chi connectivity index (χ0) is 21.1. The molecule has 13 heteroatoms. The van der Waals surface area contributed by atoms with Gasteiger partial charge in [0.05, 0.1) is 11.0 Å². The van der Waals surface area contributed by atoms with Gasteiger partial charge in [-0.3, -0.25) is 9.13 Å². The van der Waals surface area contributed by atoms with Gasteiger partial charge in [-0.15, -0.1) is 0 Å². The Morgan fingerprint density at radius 3 is 2.55 bits per heavy atom. The zero-order valence-electron chi connectivity index (χ0n) is 15.6. The summed E-state index contributed by atoms with van der Waals surface area (Å²) >= 11 is 0.781. The summed E-state index contributed by atoms with van der Waals surface area (Å²) in [5.41, 5.74) is 3.29. The standard InChI is InChI=1S/C16H20F3N5O3S2/c1-3-23-9-6-8(17)11(29(26,27)22-16(2)4-5-16)7-10(9)24(15(23)25)14-21-20-13(28-14)12(18)19/h6-7,12-14,20-22H,3-5H2,1-2H3. The molecule has 4 rings (SSSR count). The first-order chi connectivity index (χ1) is 13.6. The molecule has 8 nitrogen and oxygen atoms in total. The Morgan fingerprint density at radius 2 is 2.00 bits per heavy atom. The van der Waals surface area contributed by atoms with E-state index in [1.807, 2.05) is 0 Å². The van der Waals surface area contributed by atoms with E-state index in [1.54, 1.807) is 13.8 Å². The first-order valence-electron chi connectivity index (χ1n) is 8.99. The van der Waals surface area contributed by atoms with Gasteiger partial charge in [-0.25, -0.2) is 42.0 Å². The maximum absolute atomic E-state index is 14.7. The Bertz CT molecular complexity index is 1130. The molecule has 0 bridgehead atoms. The summed E-state index contributed by atoms with van der Waals surface area (Å²) in [7, 11) is -4.16. The number of benzene rings is 1. The quantitative estimate of drug-likeness (QED) is 0.619. The van der Waals surface area contributed by atoms with Gasteiger partial charge in [0.15, 0.2) is 5.50 Å². The van der Waals surface area contributed by atoms with Crippen LogP contribution in [0.15, 0.2) is 21.8 Å². The Kier molecular flexibility index (Phi) is 5.01. The molecule has 2 aromatic rings. The molecule has 0 spiro atoms. The minimum atomic E-state index is -4.16. The van der Waals surface area contributed by atoms with Crippen molar-refractivity contribution in [1.82, 2.24) is 24.7 Å².